The molecule has 3 amide bonds. The van der Waals surface area contributed by atoms with E-state index in [1.54, 1.807) is 25.1 Å². The number of benzene rings is 1. The molecule has 1 aromatic rings. The van der Waals surface area contributed by atoms with E-state index in [0.29, 0.717) is 28.8 Å². The lowest BCUT2D eigenvalue weighted by molar-refractivity contribution is -0.116. The third-order valence-corrected chi connectivity index (χ3v) is 4.37. The minimum absolute atomic E-state index is 0.0587. The van der Waals surface area contributed by atoms with Gasteiger partial charge in [-0.15, -0.1) is 0 Å². The van der Waals surface area contributed by atoms with Crippen molar-refractivity contribution in [3.8, 4) is 0 Å². The molecular formula is C16H21Cl2N3O3. The number of carbonyl (C=O) groups excluding carboxylic acids is 2. The molecule has 0 unspecified atom stereocenters. The van der Waals surface area contributed by atoms with Gasteiger partial charge in [0.2, 0.25) is 5.91 Å². The van der Waals surface area contributed by atoms with Crippen molar-refractivity contribution in [2.45, 2.75) is 25.9 Å². The summed E-state index contributed by atoms with van der Waals surface area (Å²) < 4.78 is 5.46. The maximum atomic E-state index is 12.2. The molecule has 1 fully saturated rings. The van der Waals surface area contributed by atoms with E-state index in [-0.39, 0.29) is 24.6 Å². The molecule has 2 N–H and O–H groups in total. The number of halogens is 2. The molecule has 2 rings (SSSR count). The first-order valence-electron chi connectivity index (χ1n) is 7.89. The lowest BCUT2D eigenvalue weighted by atomic mass is 10.2. The number of nitrogens with zero attached hydrogens (tertiary/aromatic N) is 1. The standard InChI is InChI=1S/C16H21Cl2N3O3/c1-2-21(16(23)19-9-11-5-4-8-24-11)10-14(22)20-15-12(17)6-3-7-13(15)18/h3,6-7,11H,2,4-5,8-10H2,1H3,(H,19,23)(H,20,22)/t11-/m1/s1. The van der Waals surface area contributed by atoms with Gasteiger partial charge in [0, 0.05) is 19.7 Å². The number of likely N-dealkylation sites (N-methyl/N-ethyl adjacent to an activating group) is 1. The third kappa shape index (κ3) is 5.26. The molecular weight excluding hydrogens is 353 g/mol. The molecule has 0 aliphatic carbocycles. The quantitative estimate of drug-likeness (QED) is 0.804. The van der Waals surface area contributed by atoms with Gasteiger partial charge >= 0.3 is 6.03 Å². The monoisotopic (exact) mass is 373 g/mol. The van der Waals surface area contributed by atoms with Crippen molar-refractivity contribution in [2.75, 3.05) is 31.6 Å². The zero-order valence-corrected chi connectivity index (χ0v) is 15.0. The van der Waals surface area contributed by atoms with E-state index in [1.807, 2.05) is 0 Å². The summed E-state index contributed by atoms with van der Waals surface area (Å²) in [6.45, 7) is 3.31. The molecule has 8 heteroatoms. The van der Waals surface area contributed by atoms with E-state index < -0.39 is 0 Å². The number of urea groups is 1. The van der Waals surface area contributed by atoms with Gasteiger partial charge in [-0.1, -0.05) is 29.3 Å². The average Bonchev–Trinajstić information content (AvgIpc) is 3.07. The summed E-state index contributed by atoms with van der Waals surface area (Å²) in [4.78, 5) is 25.8. The topological polar surface area (TPSA) is 70.7 Å². The first kappa shape index (κ1) is 18.8. The predicted molar refractivity (Wildman–Crippen MR) is 94.7 cm³/mol. The Labute approximate surface area is 151 Å². The summed E-state index contributed by atoms with van der Waals surface area (Å²) in [7, 11) is 0. The first-order chi connectivity index (χ1) is 11.5. The summed E-state index contributed by atoms with van der Waals surface area (Å²) in [6.07, 6.45) is 2.01. The molecule has 0 bridgehead atoms. The van der Waals surface area contributed by atoms with Gasteiger partial charge in [0.05, 0.1) is 21.8 Å². The summed E-state index contributed by atoms with van der Waals surface area (Å²) in [5, 5.41) is 6.14. The van der Waals surface area contributed by atoms with Crippen molar-refractivity contribution < 1.29 is 14.3 Å². The summed E-state index contributed by atoms with van der Waals surface area (Å²) in [5.41, 5.74) is 0.349. The minimum atomic E-state index is -0.362. The molecule has 1 aromatic carbocycles. The maximum Gasteiger partial charge on any atom is 0.317 e. The van der Waals surface area contributed by atoms with Crippen molar-refractivity contribution in [3.63, 3.8) is 0 Å². The molecule has 0 saturated carbocycles. The van der Waals surface area contributed by atoms with Crippen LogP contribution in [0.25, 0.3) is 0 Å². The highest BCUT2D eigenvalue weighted by Crippen LogP contribution is 2.29. The van der Waals surface area contributed by atoms with Crippen molar-refractivity contribution in [3.05, 3.63) is 28.2 Å². The van der Waals surface area contributed by atoms with E-state index >= 15 is 0 Å². The van der Waals surface area contributed by atoms with Crippen molar-refractivity contribution in [1.29, 1.82) is 0 Å². The Hall–Kier alpha value is -1.50. The van der Waals surface area contributed by atoms with Crippen molar-refractivity contribution in [2.24, 2.45) is 0 Å². The fourth-order valence-electron chi connectivity index (χ4n) is 2.42. The zero-order valence-electron chi connectivity index (χ0n) is 13.5. The predicted octanol–water partition coefficient (Wildman–Crippen LogP) is 3.14. The molecule has 0 aromatic heterocycles. The second-order valence-electron chi connectivity index (χ2n) is 5.48. The van der Waals surface area contributed by atoms with Crippen LogP contribution in [0.2, 0.25) is 10.0 Å². The Bertz CT molecular complexity index is 572. The van der Waals surface area contributed by atoms with Gasteiger partial charge in [-0.3, -0.25) is 4.79 Å². The van der Waals surface area contributed by atoms with Crippen LogP contribution in [0.4, 0.5) is 10.5 Å². The molecule has 0 radical (unpaired) electrons. The van der Waals surface area contributed by atoms with Crippen LogP contribution in [-0.2, 0) is 9.53 Å². The number of rotatable bonds is 6. The molecule has 24 heavy (non-hydrogen) atoms. The van der Waals surface area contributed by atoms with E-state index in [1.165, 1.54) is 4.90 Å². The molecule has 1 saturated heterocycles. The molecule has 1 heterocycles. The van der Waals surface area contributed by atoms with Crippen LogP contribution in [0.15, 0.2) is 18.2 Å². The highest BCUT2D eigenvalue weighted by molar-refractivity contribution is 6.39. The van der Waals surface area contributed by atoms with Crippen LogP contribution < -0.4 is 10.6 Å². The summed E-state index contributed by atoms with van der Waals surface area (Å²) >= 11 is 12.0. The molecule has 132 valence electrons. The number of carbonyl (C=O) groups is 2. The Morgan fingerprint density at radius 2 is 2.04 bits per heavy atom. The first-order valence-corrected chi connectivity index (χ1v) is 8.65. The van der Waals surface area contributed by atoms with E-state index in [2.05, 4.69) is 10.6 Å². The van der Waals surface area contributed by atoms with Crippen LogP contribution in [-0.4, -0.2) is 49.2 Å². The number of hydrogen-bond donors (Lipinski definition) is 2. The molecule has 1 aliphatic rings. The second kappa shape index (κ2) is 9.11. The molecule has 1 atom stereocenters. The van der Waals surface area contributed by atoms with E-state index in [9.17, 15) is 9.59 Å². The van der Waals surface area contributed by atoms with Crippen molar-refractivity contribution >= 4 is 40.8 Å². The number of nitrogens with one attached hydrogen (secondary N) is 2. The lowest BCUT2D eigenvalue weighted by Gasteiger charge is -2.22. The molecule has 1 aliphatic heterocycles. The number of anilines is 1. The van der Waals surface area contributed by atoms with Gasteiger partial charge < -0.3 is 20.3 Å². The number of amides is 3. The normalized spacial score (nSPS) is 16.7. The van der Waals surface area contributed by atoms with Gasteiger partial charge in [-0.25, -0.2) is 4.79 Å². The van der Waals surface area contributed by atoms with Gasteiger partial charge in [0.25, 0.3) is 0 Å². The maximum absolute atomic E-state index is 12.2. The number of ether oxygens (including phenoxy) is 1. The lowest BCUT2D eigenvalue weighted by Crippen LogP contribution is -2.45. The Morgan fingerprint density at radius 3 is 2.62 bits per heavy atom. The van der Waals surface area contributed by atoms with E-state index in [4.69, 9.17) is 27.9 Å². The summed E-state index contributed by atoms with van der Waals surface area (Å²) in [5.74, 6) is -0.362. The number of para-hydroxylation sites is 1. The van der Waals surface area contributed by atoms with Crippen LogP contribution in [0.1, 0.15) is 19.8 Å². The Balaban J connectivity index is 1.86. The number of hydrogen-bond acceptors (Lipinski definition) is 3. The van der Waals surface area contributed by atoms with Crippen LogP contribution in [0, 0.1) is 0 Å². The fraction of sp³-hybridized carbons (Fsp3) is 0.500. The summed E-state index contributed by atoms with van der Waals surface area (Å²) in [6, 6.07) is 4.66. The van der Waals surface area contributed by atoms with Crippen LogP contribution in [0.3, 0.4) is 0 Å². The highest BCUT2D eigenvalue weighted by Gasteiger charge is 2.20. The highest BCUT2D eigenvalue weighted by atomic mass is 35.5. The molecule has 6 nitrogen and oxygen atoms in total. The van der Waals surface area contributed by atoms with Crippen molar-refractivity contribution in [1.82, 2.24) is 10.2 Å². The average molecular weight is 374 g/mol. The van der Waals surface area contributed by atoms with Crippen LogP contribution in [0.5, 0.6) is 0 Å². The fourth-order valence-corrected chi connectivity index (χ4v) is 2.91. The largest absolute Gasteiger partial charge is 0.376 e. The van der Waals surface area contributed by atoms with Crippen LogP contribution >= 0.6 is 23.2 Å². The zero-order chi connectivity index (χ0) is 17.5. The SMILES string of the molecule is CCN(CC(=O)Nc1c(Cl)cccc1Cl)C(=O)NC[C@H]1CCCO1. The van der Waals surface area contributed by atoms with E-state index in [0.717, 1.165) is 19.4 Å². The minimum Gasteiger partial charge on any atom is -0.376 e. The Kier molecular flexibility index (Phi) is 7.15. The Morgan fingerprint density at radius 1 is 1.33 bits per heavy atom. The van der Waals surface area contributed by atoms with Gasteiger partial charge in [0.1, 0.15) is 6.54 Å². The second-order valence-corrected chi connectivity index (χ2v) is 6.29. The third-order valence-electron chi connectivity index (χ3n) is 3.74. The smallest absolute Gasteiger partial charge is 0.317 e. The van der Waals surface area contributed by atoms with Gasteiger partial charge in [-0.2, -0.15) is 0 Å². The van der Waals surface area contributed by atoms with Gasteiger partial charge in [0.15, 0.2) is 0 Å². The van der Waals surface area contributed by atoms with Gasteiger partial charge in [-0.05, 0) is 31.9 Å². The molecule has 0 spiro atoms.